The number of amides is 1. The number of halogens is 1. The number of fused-ring (bicyclic) bond motifs is 1. The molecule has 2 unspecified atom stereocenters. The van der Waals surface area contributed by atoms with Crippen LogP contribution in [0.1, 0.15) is 36.0 Å². The summed E-state index contributed by atoms with van der Waals surface area (Å²) in [7, 11) is 0. The summed E-state index contributed by atoms with van der Waals surface area (Å²) in [4.78, 5) is 18.6. The average molecular weight is 280 g/mol. The number of nitrogens with zero attached hydrogens (tertiary/aromatic N) is 2. The van der Waals surface area contributed by atoms with Crippen molar-refractivity contribution in [1.29, 1.82) is 0 Å². The van der Waals surface area contributed by atoms with Crippen molar-refractivity contribution in [3.05, 3.63) is 29.0 Å². The van der Waals surface area contributed by atoms with Gasteiger partial charge in [0.1, 0.15) is 5.15 Å². The summed E-state index contributed by atoms with van der Waals surface area (Å²) in [6.45, 7) is 2.28. The lowest BCUT2D eigenvalue weighted by Gasteiger charge is -2.32. The molecule has 2 aliphatic rings. The Labute approximate surface area is 118 Å². The molecular weight excluding hydrogens is 262 g/mol. The Bertz CT molecular complexity index is 480. The molecule has 1 aromatic rings. The summed E-state index contributed by atoms with van der Waals surface area (Å²) in [5.41, 5.74) is 0.592. The number of hydrogen-bond acceptors (Lipinski definition) is 3. The van der Waals surface area contributed by atoms with E-state index in [4.69, 9.17) is 11.6 Å². The van der Waals surface area contributed by atoms with Gasteiger partial charge in [-0.15, -0.1) is 0 Å². The maximum atomic E-state index is 12.2. The number of hydrogen-bond donors (Lipinski definition) is 1. The van der Waals surface area contributed by atoms with E-state index in [0.717, 1.165) is 13.0 Å². The molecule has 4 nitrogen and oxygen atoms in total. The Morgan fingerprint density at radius 3 is 3.11 bits per heavy atom. The van der Waals surface area contributed by atoms with Crippen LogP contribution in [-0.4, -0.2) is 41.0 Å². The molecule has 5 heteroatoms. The van der Waals surface area contributed by atoms with Crippen molar-refractivity contribution in [1.82, 2.24) is 15.2 Å². The lowest BCUT2D eigenvalue weighted by molar-refractivity contribution is 0.0915. The first-order valence-corrected chi connectivity index (χ1v) is 7.28. The maximum Gasteiger partial charge on any atom is 0.251 e. The molecule has 2 saturated heterocycles. The summed E-state index contributed by atoms with van der Waals surface area (Å²) >= 11 is 5.82. The summed E-state index contributed by atoms with van der Waals surface area (Å²) in [6.07, 6.45) is 6.38. The molecule has 1 aromatic heterocycles. The molecule has 102 valence electrons. The predicted octanol–water partition coefficient (Wildman–Crippen LogP) is 2.09. The van der Waals surface area contributed by atoms with Crippen LogP contribution < -0.4 is 5.32 Å². The van der Waals surface area contributed by atoms with Crippen LogP contribution in [0.15, 0.2) is 18.3 Å². The Hall–Kier alpha value is -1.13. The van der Waals surface area contributed by atoms with Crippen molar-refractivity contribution in [2.45, 2.75) is 37.8 Å². The number of rotatable bonds is 2. The SMILES string of the molecule is O=C(NC1CCN2CCCCC12)c1ccnc(Cl)c1. The highest BCUT2D eigenvalue weighted by molar-refractivity contribution is 6.29. The molecule has 0 radical (unpaired) electrons. The molecule has 2 atom stereocenters. The first-order chi connectivity index (χ1) is 9.24. The van der Waals surface area contributed by atoms with Crippen molar-refractivity contribution in [2.24, 2.45) is 0 Å². The summed E-state index contributed by atoms with van der Waals surface area (Å²) in [5.74, 6) is -0.0401. The number of piperidine rings is 1. The van der Waals surface area contributed by atoms with E-state index in [1.165, 1.54) is 25.8 Å². The van der Waals surface area contributed by atoms with E-state index >= 15 is 0 Å². The van der Waals surface area contributed by atoms with E-state index in [-0.39, 0.29) is 11.9 Å². The maximum absolute atomic E-state index is 12.2. The lowest BCUT2D eigenvalue weighted by Crippen LogP contribution is -2.46. The zero-order valence-corrected chi connectivity index (χ0v) is 11.6. The number of carbonyl (C=O) groups is 1. The fourth-order valence-corrected chi connectivity index (χ4v) is 3.39. The number of nitrogens with one attached hydrogen (secondary N) is 1. The minimum absolute atomic E-state index is 0.0401. The minimum Gasteiger partial charge on any atom is -0.348 e. The molecule has 19 heavy (non-hydrogen) atoms. The van der Waals surface area contributed by atoms with Gasteiger partial charge in [0.15, 0.2) is 0 Å². The van der Waals surface area contributed by atoms with E-state index < -0.39 is 0 Å². The summed E-state index contributed by atoms with van der Waals surface area (Å²) < 4.78 is 0. The van der Waals surface area contributed by atoms with Crippen LogP contribution in [0.2, 0.25) is 5.15 Å². The summed E-state index contributed by atoms with van der Waals surface area (Å²) in [5, 5.41) is 3.51. The van der Waals surface area contributed by atoms with E-state index in [1.807, 2.05) is 0 Å². The fraction of sp³-hybridized carbons (Fsp3) is 0.571. The molecule has 0 aromatic carbocycles. The topological polar surface area (TPSA) is 45.2 Å². The third kappa shape index (κ3) is 2.74. The Balaban J connectivity index is 1.66. The van der Waals surface area contributed by atoms with Crippen molar-refractivity contribution in [2.75, 3.05) is 13.1 Å². The standard InChI is InChI=1S/C14H18ClN3O/c15-13-9-10(4-6-16-13)14(19)17-11-5-8-18-7-2-1-3-12(11)18/h4,6,9,11-12H,1-3,5,7-8H2,(H,17,19). The van der Waals surface area contributed by atoms with Gasteiger partial charge in [-0.3, -0.25) is 9.69 Å². The highest BCUT2D eigenvalue weighted by atomic mass is 35.5. The molecular formula is C14H18ClN3O. The third-order valence-corrected chi connectivity index (χ3v) is 4.37. The van der Waals surface area contributed by atoms with Crippen molar-refractivity contribution < 1.29 is 4.79 Å². The van der Waals surface area contributed by atoms with Gasteiger partial charge in [0.2, 0.25) is 0 Å². The van der Waals surface area contributed by atoms with Gasteiger partial charge in [0.05, 0.1) is 0 Å². The normalized spacial score (nSPS) is 27.0. The molecule has 0 saturated carbocycles. The van der Waals surface area contributed by atoms with Gasteiger partial charge in [-0.05, 0) is 37.9 Å². The molecule has 1 amide bonds. The molecule has 2 fully saturated rings. The molecule has 1 N–H and O–H groups in total. The molecule has 3 heterocycles. The zero-order chi connectivity index (χ0) is 13.2. The molecule has 3 rings (SSSR count). The molecule has 0 bridgehead atoms. The van der Waals surface area contributed by atoms with Crippen LogP contribution >= 0.6 is 11.6 Å². The third-order valence-electron chi connectivity index (χ3n) is 4.16. The molecule has 0 spiro atoms. The minimum atomic E-state index is -0.0401. The monoisotopic (exact) mass is 279 g/mol. The smallest absolute Gasteiger partial charge is 0.251 e. The van der Waals surface area contributed by atoms with Crippen LogP contribution in [0, 0.1) is 0 Å². The van der Waals surface area contributed by atoms with Gasteiger partial charge < -0.3 is 5.32 Å². The van der Waals surface area contributed by atoms with E-state index in [1.54, 1.807) is 18.3 Å². The Morgan fingerprint density at radius 1 is 1.37 bits per heavy atom. The highest BCUT2D eigenvalue weighted by Gasteiger charge is 2.36. The van der Waals surface area contributed by atoms with E-state index in [9.17, 15) is 4.79 Å². The second-order valence-electron chi connectivity index (χ2n) is 5.33. The van der Waals surface area contributed by atoms with Crippen molar-refractivity contribution >= 4 is 17.5 Å². The van der Waals surface area contributed by atoms with Gasteiger partial charge in [-0.25, -0.2) is 4.98 Å². The van der Waals surface area contributed by atoms with Crippen LogP contribution in [0.25, 0.3) is 0 Å². The van der Waals surface area contributed by atoms with Crippen molar-refractivity contribution in [3.63, 3.8) is 0 Å². The van der Waals surface area contributed by atoms with Crippen LogP contribution in [0.3, 0.4) is 0 Å². The van der Waals surface area contributed by atoms with Crippen LogP contribution in [0.5, 0.6) is 0 Å². The lowest BCUT2D eigenvalue weighted by atomic mass is 9.99. The number of pyridine rings is 1. The van der Waals surface area contributed by atoms with Crippen LogP contribution in [-0.2, 0) is 0 Å². The average Bonchev–Trinajstić information content (AvgIpc) is 2.82. The number of aromatic nitrogens is 1. The largest absolute Gasteiger partial charge is 0.348 e. The second-order valence-corrected chi connectivity index (χ2v) is 5.72. The van der Waals surface area contributed by atoms with Gasteiger partial charge in [-0.1, -0.05) is 18.0 Å². The van der Waals surface area contributed by atoms with Crippen LogP contribution in [0.4, 0.5) is 0 Å². The quantitative estimate of drug-likeness (QED) is 0.843. The van der Waals surface area contributed by atoms with Gasteiger partial charge in [0, 0.05) is 30.4 Å². The second kappa shape index (κ2) is 5.47. The van der Waals surface area contributed by atoms with Crippen molar-refractivity contribution in [3.8, 4) is 0 Å². The summed E-state index contributed by atoms with van der Waals surface area (Å²) in [6, 6.07) is 4.12. The zero-order valence-electron chi connectivity index (χ0n) is 10.8. The van der Waals surface area contributed by atoms with E-state index in [0.29, 0.717) is 16.8 Å². The predicted molar refractivity (Wildman–Crippen MR) is 74.3 cm³/mol. The molecule has 2 aliphatic heterocycles. The fourth-order valence-electron chi connectivity index (χ4n) is 3.21. The molecule has 0 aliphatic carbocycles. The van der Waals surface area contributed by atoms with Gasteiger partial charge >= 0.3 is 0 Å². The van der Waals surface area contributed by atoms with E-state index in [2.05, 4.69) is 15.2 Å². The number of carbonyl (C=O) groups excluding carboxylic acids is 1. The van der Waals surface area contributed by atoms with Gasteiger partial charge in [0.25, 0.3) is 5.91 Å². The first-order valence-electron chi connectivity index (χ1n) is 6.90. The highest BCUT2D eigenvalue weighted by Crippen LogP contribution is 2.27. The van der Waals surface area contributed by atoms with Gasteiger partial charge in [-0.2, -0.15) is 0 Å². The first kappa shape index (κ1) is 12.9. The Morgan fingerprint density at radius 2 is 2.26 bits per heavy atom. The Kier molecular flexibility index (Phi) is 3.71.